The molecule has 1 fully saturated rings. The van der Waals surface area contributed by atoms with Gasteiger partial charge >= 0.3 is 0 Å². The van der Waals surface area contributed by atoms with Crippen molar-refractivity contribution < 1.29 is 0 Å². The summed E-state index contributed by atoms with van der Waals surface area (Å²) in [6, 6.07) is 0. The standard InChI is InChI=1S/C7H15N3S2/c1-2-10-4-3-9-5-6(10)12-7(8)11/h6,9H,2-5H2,1H3,(H2,8,11). The van der Waals surface area contributed by atoms with Crippen LogP contribution in [0.3, 0.4) is 0 Å². The third-order valence-corrected chi connectivity index (χ3v) is 3.22. The highest BCUT2D eigenvalue weighted by molar-refractivity contribution is 8.23. The maximum atomic E-state index is 5.48. The maximum Gasteiger partial charge on any atom is 0.132 e. The minimum Gasteiger partial charge on any atom is -0.385 e. The first-order valence-electron chi connectivity index (χ1n) is 4.15. The van der Waals surface area contributed by atoms with Crippen molar-refractivity contribution >= 4 is 28.3 Å². The lowest BCUT2D eigenvalue weighted by Crippen LogP contribution is -2.50. The summed E-state index contributed by atoms with van der Waals surface area (Å²) in [5.41, 5.74) is 5.48. The molecule has 3 nitrogen and oxygen atoms in total. The molecule has 0 saturated carbocycles. The highest BCUT2D eigenvalue weighted by Gasteiger charge is 2.21. The van der Waals surface area contributed by atoms with Crippen molar-refractivity contribution in [3.63, 3.8) is 0 Å². The van der Waals surface area contributed by atoms with Gasteiger partial charge in [0.2, 0.25) is 0 Å². The molecule has 1 heterocycles. The zero-order valence-electron chi connectivity index (χ0n) is 7.25. The Balaban J connectivity index is 2.41. The second-order valence-electron chi connectivity index (χ2n) is 2.72. The van der Waals surface area contributed by atoms with Gasteiger partial charge in [0.15, 0.2) is 0 Å². The summed E-state index contributed by atoms with van der Waals surface area (Å²) < 4.78 is 0.544. The first-order chi connectivity index (χ1) is 5.74. The fourth-order valence-corrected chi connectivity index (χ4v) is 2.54. The lowest BCUT2D eigenvalue weighted by Gasteiger charge is -2.34. The second-order valence-corrected chi connectivity index (χ2v) is 4.64. The van der Waals surface area contributed by atoms with Crippen molar-refractivity contribution in [1.29, 1.82) is 0 Å². The molecule has 70 valence electrons. The van der Waals surface area contributed by atoms with Gasteiger partial charge in [-0.05, 0) is 6.54 Å². The molecule has 3 N–H and O–H groups in total. The third-order valence-electron chi connectivity index (χ3n) is 1.96. The van der Waals surface area contributed by atoms with Crippen LogP contribution in [-0.2, 0) is 0 Å². The van der Waals surface area contributed by atoms with Crippen LogP contribution in [0, 0.1) is 0 Å². The quantitative estimate of drug-likeness (QED) is 0.631. The van der Waals surface area contributed by atoms with Gasteiger partial charge in [-0.3, -0.25) is 4.90 Å². The lowest BCUT2D eigenvalue weighted by atomic mass is 10.4. The molecule has 1 aliphatic heterocycles. The van der Waals surface area contributed by atoms with Crippen molar-refractivity contribution in [1.82, 2.24) is 10.2 Å². The summed E-state index contributed by atoms with van der Waals surface area (Å²) in [5.74, 6) is 0. The molecule has 5 heteroatoms. The molecule has 0 radical (unpaired) electrons. The van der Waals surface area contributed by atoms with Gasteiger partial charge in [0.1, 0.15) is 4.32 Å². The van der Waals surface area contributed by atoms with Crippen LogP contribution >= 0.6 is 24.0 Å². The van der Waals surface area contributed by atoms with E-state index in [1.54, 1.807) is 11.8 Å². The summed E-state index contributed by atoms with van der Waals surface area (Å²) in [6.07, 6.45) is 0. The number of nitrogens with zero attached hydrogens (tertiary/aromatic N) is 1. The third kappa shape index (κ3) is 2.90. The Morgan fingerprint density at radius 3 is 3.17 bits per heavy atom. The van der Waals surface area contributed by atoms with Gasteiger partial charge in [0.25, 0.3) is 0 Å². The van der Waals surface area contributed by atoms with E-state index in [9.17, 15) is 0 Å². The smallest absolute Gasteiger partial charge is 0.132 e. The van der Waals surface area contributed by atoms with Crippen LogP contribution in [0.25, 0.3) is 0 Å². The van der Waals surface area contributed by atoms with E-state index >= 15 is 0 Å². The first kappa shape index (κ1) is 10.2. The van der Waals surface area contributed by atoms with Crippen LogP contribution in [0.5, 0.6) is 0 Å². The van der Waals surface area contributed by atoms with Gasteiger partial charge in [0.05, 0.1) is 5.37 Å². The van der Waals surface area contributed by atoms with Gasteiger partial charge in [0, 0.05) is 19.6 Å². The minimum absolute atomic E-state index is 0.432. The van der Waals surface area contributed by atoms with Crippen molar-refractivity contribution in [2.24, 2.45) is 5.73 Å². The van der Waals surface area contributed by atoms with E-state index in [4.69, 9.17) is 18.0 Å². The molecule has 0 aromatic heterocycles. The number of thioether (sulfide) groups is 1. The van der Waals surface area contributed by atoms with Gasteiger partial charge in [-0.2, -0.15) is 0 Å². The van der Waals surface area contributed by atoms with Crippen molar-refractivity contribution in [2.75, 3.05) is 26.2 Å². The number of hydrogen-bond acceptors (Lipinski definition) is 4. The van der Waals surface area contributed by atoms with Crippen molar-refractivity contribution in [3.05, 3.63) is 0 Å². The Bertz CT molecular complexity index is 163. The van der Waals surface area contributed by atoms with Crippen LogP contribution in [0.2, 0.25) is 0 Å². The number of hydrogen-bond donors (Lipinski definition) is 2. The predicted octanol–water partition coefficient (Wildman–Crippen LogP) is 0.214. The second kappa shape index (κ2) is 5.01. The molecule has 1 rings (SSSR count). The molecule has 1 atom stereocenters. The Morgan fingerprint density at radius 2 is 2.58 bits per heavy atom. The van der Waals surface area contributed by atoms with Gasteiger partial charge < -0.3 is 11.1 Å². The summed E-state index contributed by atoms with van der Waals surface area (Å²) in [4.78, 5) is 2.39. The Kier molecular flexibility index (Phi) is 4.28. The lowest BCUT2D eigenvalue weighted by molar-refractivity contribution is 0.230. The normalized spacial score (nSPS) is 25.6. The van der Waals surface area contributed by atoms with Gasteiger partial charge in [-0.15, -0.1) is 0 Å². The van der Waals surface area contributed by atoms with Gasteiger partial charge in [-0.1, -0.05) is 30.9 Å². The predicted molar refractivity (Wildman–Crippen MR) is 58.3 cm³/mol. The van der Waals surface area contributed by atoms with E-state index in [-0.39, 0.29) is 0 Å². The first-order valence-corrected chi connectivity index (χ1v) is 5.43. The molecule has 12 heavy (non-hydrogen) atoms. The largest absolute Gasteiger partial charge is 0.385 e. The molecule has 0 aromatic carbocycles. The number of likely N-dealkylation sites (N-methyl/N-ethyl adjacent to an activating group) is 1. The van der Waals surface area contributed by atoms with Crippen LogP contribution in [-0.4, -0.2) is 40.8 Å². The fraction of sp³-hybridized carbons (Fsp3) is 0.857. The van der Waals surface area contributed by atoms with Crippen molar-refractivity contribution in [3.8, 4) is 0 Å². The molecular formula is C7H15N3S2. The SMILES string of the molecule is CCN1CCNCC1SC(N)=S. The molecule has 0 aliphatic carbocycles. The summed E-state index contributed by atoms with van der Waals surface area (Å²) in [7, 11) is 0. The van der Waals surface area contributed by atoms with E-state index < -0.39 is 0 Å². The Morgan fingerprint density at radius 1 is 1.83 bits per heavy atom. The topological polar surface area (TPSA) is 41.3 Å². The summed E-state index contributed by atoms with van der Waals surface area (Å²) in [6.45, 7) is 6.38. The van der Waals surface area contributed by atoms with E-state index in [0.29, 0.717) is 9.69 Å². The number of piperazine rings is 1. The minimum atomic E-state index is 0.432. The molecule has 1 aliphatic rings. The van der Waals surface area contributed by atoms with Crippen LogP contribution < -0.4 is 11.1 Å². The maximum absolute atomic E-state index is 5.48. The van der Waals surface area contributed by atoms with Crippen molar-refractivity contribution in [2.45, 2.75) is 12.3 Å². The summed E-state index contributed by atoms with van der Waals surface area (Å²) >= 11 is 6.44. The van der Waals surface area contributed by atoms with Gasteiger partial charge in [-0.25, -0.2) is 0 Å². The fourth-order valence-electron chi connectivity index (χ4n) is 1.33. The summed E-state index contributed by atoms with van der Waals surface area (Å²) in [5, 5.41) is 3.76. The highest BCUT2D eigenvalue weighted by Crippen LogP contribution is 2.16. The molecule has 1 unspecified atom stereocenters. The zero-order valence-corrected chi connectivity index (χ0v) is 8.88. The van der Waals surface area contributed by atoms with E-state index in [1.165, 1.54) is 0 Å². The molecule has 0 spiro atoms. The zero-order chi connectivity index (χ0) is 8.97. The van der Waals surface area contributed by atoms with Crippen LogP contribution in [0.4, 0.5) is 0 Å². The Hall–Kier alpha value is 0.160. The van der Waals surface area contributed by atoms with Crippen LogP contribution in [0.15, 0.2) is 0 Å². The molecule has 0 aromatic rings. The number of rotatable bonds is 2. The van der Waals surface area contributed by atoms with E-state index in [0.717, 1.165) is 26.2 Å². The molecule has 1 saturated heterocycles. The highest BCUT2D eigenvalue weighted by atomic mass is 32.2. The van der Waals surface area contributed by atoms with Crippen LogP contribution in [0.1, 0.15) is 6.92 Å². The molecule has 0 bridgehead atoms. The number of nitrogens with one attached hydrogen (secondary N) is 1. The van der Waals surface area contributed by atoms with E-state index in [1.807, 2.05) is 0 Å². The molecule has 0 amide bonds. The monoisotopic (exact) mass is 205 g/mol. The average Bonchev–Trinajstić information content (AvgIpc) is 2.04. The molecular weight excluding hydrogens is 190 g/mol. The number of thiocarbonyl (C=S) groups is 1. The average molecular weight is 205 g/mol. The number of nitrogens with two attached hydrogens (primary N) is 1. The van der Waals surface area contributed by atoms with E-state index in [2.05, 4.69) is 17.1 Å². The Labute approximate surface area is 83.1 Å².